The van der Waals surface area contributed by atoms with Gasteiger partial charge in [0.05, 0.1) is 5.60 Å². The molecule has 1 heteroatoms. The zero-order chi connectivity index (χ0) is 11.8. The second-order valence-electron chi connectivity index (χ2n) is 5.40. The molecule has 1 nitrogen and oxygen atoms in total. The van der Waals surface area contributed by atoms with E-state index in [1.807, 2.05) is 0 Å². The van der Waals surface area contributed by atoms with E-state index >= 15 is 0 Å². The summed E-state index contributed by atoms with van der Waals surface area (Å²) in [4.78, 5) is 0. The maximum absolute atomic E-state index is 10.6. The van der Waals surface area contributed by atoms with Crippen molar-refractivity contribution in [2.45, 2.75) is 52.1 Å². The number of aryl methyl sites for hydroxylation is 2. The molecule has 1 fully saturated rings. The molecule has 0 radical (unpaired) electrons. The summed E-state index contributed by atoms with van der Waals surface area (Å²) >= 11 is 0. The van der Waals surface area contributed by atoms with Crippen molar-refractivity contribution in [2.24, 2.45) is 5.92 Å². The fraction of sp³-hybridized carbons (Fsp3) is 0.600. The molecule has 0 aliphatic heterocycles. The molecule has 0 spiro atoms. The largest absolute Gasteiger partial charge is 0.389 e. The molecular formula is C15H22O. The summed E-state index contributed by atoms with van der Waals surface area (Å²) in [7, 11) is 0. The quantitative estimate of drug-likeness (QED) is 0.821. The molecule has 0 heterocycles. The Morgan fingerprint density at radius 2 is 1.75 bits per heavy atom. The van der Waals surface area contributed by atoms with Gasteiger partial charge in [0.2, 0.25) is 0 Å². The van der Waals surface area contributed by atoms with Gasteiger partial charge < -0.3 is 5.11 Å². The van der Waals surface area contributed by atoms with Crippen molar-refractivity contribution in [1.82, 2.24) is 0 Å². The van der Waals surface area contributed by atoms with Gasteiger partial charge in [-0.15, -0.1) is 0 Å². The second-order valence-corrected chi connectivity index (χ2v) is 5.40. The van der Waals surface area contributed by atoms with E-state index in [1.165, 1.54) is 29.5 Å². The van der Waals surface area contributed by atoms with Crippen LogP contribution in [0.5, 0.6) is 0 Å². The normalized spacial score (nSPS) is 19.5. The van der Waals surface area contributed by atoms with Gasteiger partial charge in [-0.2, -0.15) is 0 Å². The first kappa shape index (κ1) is 11.7. The van der Waals surface area contributed by atoms with Crippen LogP contribution in [0.2, 0.25) is 0 Å². The molecule has 1 saturated carbocycles. The summed E-state index contributed by atoms with van der Waals surface area (Å²) in [5.74, 6) is 0.540. The molecule has 2 rings (SSSR count). The van der Waals surface area contributed by atoms with Crippen molar-refractivity contribution < 1.29 is 5.11 Å². The Balaban J connectivity index is 2.18. The van der Waals surface area contributed by atoms with E-state index in [9.17, 15) is 5.11 Å². The molecule has 1 aliphatic carbocycles. The Bertz CT molecular complexity index is 359. The molecule has 1 aliphatic rings. The van der Waals surface area contributed by atoms with Crippen LogP contribution in [0.15, 0.2) is 18.2 Å². The maximum atomic E-state index is 10.6. The summed E-state index contributed by atoms with van der Waals surface area (Å²) in [6, 6.07) is 6.59. The van der Waals surface area contributed by atoms with Crippen LogP contribution in [0.25, 0.3) is 0 Å². The van der Waals surface area contributed by atoms with Gasteiger partial charge in [-0.25, -0.2) is 0 Å². The first-order valence-electron chi connectivity index (χ1n) is 6.33. The topological polar surface area (TPSA) is 20.2 Å². The monoisotopic (exact) mass is 218 g/mol. The molecular weight excluding hydrogens is 196 g/mol. The highest BCUT2D eigenvalue weighted by molar-refractivity contribution is 5.29. The van der Waals surface area contributed by atoms with E-state index in [0.29, 0.717) is 5.92 Å². The number of benzene rings is 1. The van der Waals surface area contributed by atoms with E-state index in [1.54, 1.807) is 0 Å². The Morgan fingerprint density at radius 3 is 2.19 bits per heavy atom. The van der Waals surface area contributed by atoms with Crippen molar-refractivity contribution >= 4 is 0 Å². The average molecular weight is 218 g/mol. The minimum absolute atomic E-state index is 0.458. The highest BCUT2D eigenvalue weighted by Gasteiger charge is 2.42. The third-order valence-electron chi connectivity index (χ3n) is 3.74. The van der Waals surface area contributed by atoms with Crippen LogP contribution in [0.4, 0.5) is 0 Å². The van der Waals surface area contributed by atoms with Gasteiger partial charge in [0.15, 0.2) is 0 Å². The van der Waals surface area contributed by atoms with E-state index < -0.39 is 5.60 Å². The predicted octanol–water partition coefficient (Wildman–Crippen LogP) is 3.40. The SMILES string of the molecule is CCC(O)(Cc1cc(C)cc(C)c1)C1CC1. The Hall–Kier alpha value is -0.820. The lowest BCUT2D eigenvalue weighted by Gasteiger charge is -2.27. The van der Waals surface area contributed by atoms with Crippen molar-refractivity contribution in [2.75, 3.05) is 0 Å². The lowest BCUT2D eigenvalue weighted by molar-refractivity contribution is 0.0139. The minimum Gasteiger partial charge on any atom is -0.389 e. The molecule has 1 aromatic rings. The lowest BCUT2D eigenvalue weighted by Crippen LogP contribution is -2.33. The first-order valence-corrected chi connectivity index (χ1v) is 6.33. The number of aliphatic hydroxyl groups is 1. The van der Waals surface area contributed by atoms with Crippen LogP contribution in [-0.4, -0.2) is 10.7 Å². The molecule has 0 saturated heterocycles. The minimum atomic E-state index is -0.458. The van der Waals surface area contributed by atoms with E-state index in [-0.39, 0.29) is 0 Å². The molecule has 0 aromatic heterocycles. The van der Waals surface area contributed by atoms with Crippen molar-refractivity contribution in [3.8, 4) is 0 Å². The van der Waals surface area contributed by atoms with Crippen LogP contribution in [0.1, 0.15) is 42.9 Å². The van der Waals surface area contributed by atoms with Gasteiger partial charge in [0.25, 0.3) is 0 Å². The highest BCUT2D eigenvalue weighted by atomic mass is 16.3. The molecule has 16 heavy (non-hydrogen) atoms. The van der Waals surface area contributed by atoms with E-state index in [4.69, 9.17) is 0 Å². The first-order chi connectivity index (χ1) is 7.53. The van der Waals surface area contributed by atoms with Crippen LogP contribution in [-0.2, 0) is 6.42 Å². The van der Waals surface area contributed by atoms with Crippen molar-refractivity contribution in [3.05, 3.63) is 34.9 Å². The molecule has 1 unspecified atom stereocenters. The summed E-state index contributed by atoms with van der Waals surface area (Å²) < 4.78 is 0. The fourth-order valence-corrected chi connectivity index (χ4v) is 2.70. The summed E-state index contributed by atoms with van der Waals surface area (Å²) in [5, 5.41) is 10.6. The van der Waals surface area contributed by atoms with Crippen molar-refractivity contribution in [1.29, 1.82) is 0 Å². The molecule has 88 valence electrons. The van der Waals surface area contributed by atoms with E-state index in [2.05, 4.69) is 39.0 Å². The molecule has 1 N–H and O–H groups in total. The van der Waals surface area contributed by atoms with Gasteiger partial charge in [-0.1, -0.05) is 36.2 Å². The van der Waals surface area contributed by atoms with Gasteiger partial charge in [-0.3, -0.25) is 0 Å². The van der Waals surface area contributed by atoms with Crippen LogP contribution < -0.4 is 0 Å². The fourth-order valence-electron chi connectivity index (χ4n) is 2.70. The molecule has 0 bridgehead atoms. The highest BCUT2D eigenvalue weighted by Crippen LogP contribution is 2.43. The summed E-state index contributed by atoms with van der Waals surface area (Å²) in [6.07, 6.45) is 4.09. The number of hydrogen-bond acceptors (Lipinski definition) is 1. The lowest BCUT2D eigenvalue weighted by atomic mass is 9.86. The third-order valence-corrected chi connectivity index (χ3v) is 3.74. The van der Waals surface area contributed by atoms with E-state index in [0.717, 1.165) is 12.8 Å². The Morgan fingerprint density at radius 1 is 1.19 bits per heavy atom. The van der Waals surface area contributed by atoms with Gasteiger partial charge in [-0.05, 0) is 44.6 Å². The molecule has 1 aromatic carbocycles. The van der Waals surface area contributed by atoms with Gasteiger partial charge in [0.1, 0.15) is 0 Å². The molecule has 1 atom stereocenters. The number of rotatable bonds is 4. The average Bonchev–Trinajstić information content (AvgIpc) is 2.98. The Kier molecular flexibility index (Phi) is 3.07. The van der Waals surface area contributed by atoms with Crippen LogP contribution >= 0.6 is 0 Å². The maximum Gasteiger partial charge on any atom is 0.0713 e. The smallest absolute Gasteiger partial charge is 0.0713 e. The zero-order valence-corrected chi connectivity index (χ0v) is 10.6. The van der Waals surface area contributed by atoms with Gasteiger partial charge in [0, 0.05) is 6.42 Å². The standard InChI is InChI=1S/C15H22O/c1-4-15(16,14-5-6-14)10-13-8-11(2)7-12(3)9-13/h7-9,14,16H,4-6,10H2,1-3H3. The predicted molar refractivity (Wildman–Crippen MR) is 67.6 cm³/mol. The second kappa shape index (κ2) is 4.21. The van der Waals surface area contributed by atoms with Crippen LogP contribution in [0, 0.1) is 19.8 Å². The molecule has 0 amide bonds. The summed E-state index contributed by atoms with van der Waals surface area (Å²) in [5.41, 5.74) is 3.42. The summed E-state index contributed by atoms with van der Waals surface area (Å²) in [6.45, 7) is 6.35. The van der Waals surface area contributed by atoms with Gasteiger partial charge >= 0.3 is 0 Å². The zero-order valence-electron chi connectivity index (χ0n) is 10.6. The van der Waals surface area contributed by atoms with Crippen molar-refractivity contribution in [3.63, 3.8) is 0 Å². The Labute approximate surface area is 98.5 Å². The third kappa shape index (κ3) is 2.46. The van der Waals surface area contributed by atoms with Crippen LogP contribution in [0.3, 0.4) is 0 Å². The number of hydrogen-bond donors (Lipinski definition) is 1.